The van der Waals surface area contributed by atoms with Crippen LogP contribution in [-0.4, -0.2) is 25.0 Å². The van der Waals surface area contributed by atoms with Crippen molar-refractivity contribution >= 4 is 34.8 Å². The number of rotatable bonds is 4. The summed E-state index contributed by atoms with van der Waals surface area (Å²) in [6.45, 7) is 3.98. The average Bonchev–Trinajstić information content (AvgIpc) is 2.84. The molecule has 1 heterocycles. The Morgan fingerprint density at radius 3 is 2.56 bits per heavy atom. The van der Waals surface area contributed by atoms with E-state index in [1.807, 2.05) is 32.0 Å². The number of carbonyl (C=O) groups excluding carboxylic acids is 2. The molecule has 130 valence electrons. The number of aryl methyl sites for hydroxylation is 2. The van der Waals surface area contributed by atoms with Crippen LogP contribution in [0.2, 0.25) is 5.02 Å². The number of benzene rings is 2. The average molecular weight is 359 g/mol. The Morgan fingerprint density at radius 1 is 1.16 bits per heavy atom. The molecule has 0 unspecified atom stereocenters. The van der Waals surface area contributed by atoms with Crippen LogP contribution < -0.4 is 15.0 Å². The van der Waals surface area contributed by atoms with Gasteiger partial charge in [-0.2, -0.15) is 0 Å². The quantitative estimate of drug-likeness (QED) is 0.846. The zero-order valence-electron chi connectivity index (χ0n) is 14.3. The normalized spacial score (nSPS) is 17.1. The van der Waals surface area contributed by atoms with E-state index in [9.17, 15) is 9.59 Å². The zero-order valence-corrected chi connectivity index (χ0v) is 15.1. The van der Waals surface area contributed by atoms with Crippen molar-refractivity contribution < 1.29 is 14.3 Å². The predicted molar refractivity (Wildman–Crippen MR) is 98.4 cm³/mol. The predicted octanol–water partition coefficient (Wildman–Crippen LogP) is 3.71. The first-order chi connectivity index (χ1) is 11.9. The number of methoxy groups -OCH3 is 1. The highest BCUT2D eigenvalue weighted by Gasteiger charge is 2.39. The van der Waals surface area contributed by atoms with E-state index in [4.69, 9.17) is 16.3 Å². The summed E-state index contributed by atoms with van der Waals surface area (Å²) in [5.74, 6) is -0.0471. The number of imide groups is 1. The van der Waals surface area contributed by atoms with Crippen LogP contribution in [0.3, 0.4) is 0 Å². The minimum atomic E-state index is -0.588. The van der Waals surface area contributed by atoms with Gasteiger partial charge in [0, 0.05) is 5.69 Å². The summed E-state index contributed by atoms with van der Waals surface area (Å²) in [6, 6.07) is 10.2. The molecule has 1 aliphatic rings. The van der Waals surface area contributed by atoms with Crippen LogP contribution in [0.15, 0.2) is 36.4 Å². The molecule has 2 aromatic rings. The number of anilines is 2. The van der Waals surface area contributed by atoms with E-state index in [-0.39, 0.29) is 18.2 Å². The fourth-order valence-electron chi connectivity index (χ4n) is 2.97. The molecule has 3 rings (SSSR count). The van der Waals surface area contributed by atoms with Crippen molar-refractivity contribution in [2.24, 2.45) is 0 Å². The van der Waals surface area contributed by atoms with Crippen molar-refractivity contribution in [3.8, 4) is 5.75 Å². The van der Waals surface area contributed by atoms with Gasteiger partial charge in [-0.1, -0.05) is 29.3 Å². The van der Waals surface area contributed by atoms with Crippen molar-refractivity contribution in [1.29, 1.82) is 0 Å². The number of ether oxygens (including phenoxy) is 1. The van der Waals surface area contributed by atoms with Gasteiger partial charge >= 0.3 is 0 Å². The van der Waals surface area contributed by atoms with Crippen molar-refractivity contribution in [2.75, 3.05) is 17.3 Å². The maximum Gasteiger partial charge on any atom is 0.256 e. The summed E-state index contributed by atoms with van der Waals surface area (Å²) in [4.78, 5) is 26.3. The molecule has 0 aliphatic carbocycles. The van der Waals surface area contributed by atoms with Gasteiger partial charge in [-0.25, -0.2) is 4.90 Å². The van der Waals surface area contributed by atoms with E-state index >= 15 is 0 Å². The van der Waals surface area contributed by atoms with Gasteiger partial charge in [0.25, 0.3) is 5.91 Å². The fraction of sp³-hybridized carbons (Fsp3) is 0.263. The summed E-state index contributed by atoms with van der Waals surface area (Å²) < 4.78 is 5.11. The number of hydrogen-bond acceptors (Lipinski definition) is 4. The molecule has 0 bridgehead atoms. The van der Waals surface area contributed by atoms with Gasteiger partial charge in [-0.3, -0.25) is 9.59 Å². The van der Waals surface area contributed by atoms with E-state index in [1.54, 1.807) is 18.2 Å². The van der Waals surface area contributed by atoms with E-state index < -0.39 is 6.04 Å². The Morgan fingerprint density at radius 2 is 1.92 bits per heavy atom. The van der Waals surface area contributed by atoms with Crippen molar-refractivity contribution in [3.63, 3.8) is 0 Å². The zero-order chi connectivity index (χ0) is 18.1. The molecule has 1 fully saturated rings. The Hall–Kier alpha value is -2.53. The number of halogens is 1. The Labute approximate surface area is 151 Å². The molecular weight excluding hydrogens is 340 g/mol. The van der Waals surface area contributed by atoms with E-state index in [0.717, 1.165) is 16.8 Å². The van der Waals surface area contributed by atoms with Crippen LogP contribution in [0.25, 0.3) is 0 Å². The smallest absolute Gasteiger partial charge is 0.256 e. The molecule has 25 heavy (non-hydrogen) atoms. The van der Waals surface area contributed by atoms with Crippen LogP contribution in [0.4, 0.5) is 11.4 Å². The lowest BCUT2D eigenvalue weighted by Gasteiger charge is -2.18. The summed E-state index contributed by atoms with van der Waals surface area (Å²) in [5.41, 5.74) is 3.48. The monoisotopic (exact) mass is 358 g/mol. The standard InChI is InChI=1S/C19H19ClN2O3/c1-11-4-6-15(12(2)8-11)21-16-10-18(23)22(19(16)24)13-5-7-17(25-3)14(20)9-13/h4-9,16,21H,10H2,1-3H3/t16-/m1/s1. The molecule has 0 radical (unpaired) electrons. The van der Waals surface area contributed by atoms with Crippen molar-refractivity contribution in [1.82, 2.24) is 0 Å². The van der Waals surface area contributed by atoms with Crippen molar-refractivity contribution in [2.45, 2.75) is 26.3 Å². The Kier molecular flexibility index (Phi) is 4.68. The summed E-state index contributed by atoms with van der Waals surface area (Å²) in [5, 5.41) is 3.54. The minimum Gasteiger partial charge on any atom is -0.495 e. The number of hydrogen-bond donors (Lipinski definition) is 1. The first kappa shape index (κ1) is 17.3. The van der Waals surface area contributed by atoms with Crippen LogP contribution >= 0.6 is 11.6 Å². The fourth-order valence-corrected chi connectivity index (χ4v) is 3.23. The number of nitrogens with one attached hydrogen (secondary N) is 1. The van der Waals surface area contributed by atoms with Crippen molar-refractivity contribution in [3.05, 3.63) is 52.5 Å². The summed E-state index contributed by atoms with van der Waals surface area (Å²) >= 11 is 6.12. The lowest BCUT2D eigenvalue weighted by Crippen LogP contribution is -2.34. The molecule has 0 saturated carbocycles. The van der Waals surface area contributed by atoms with Gasteiger partial charge in [0.05, 0.1) is 24.2 Å². The maximum absolute atomic E-state index is 12.7. The third-order valence-electron chi connectivity index (χ3n) is 4.25. The number of nitrogens with zero attached hydrogens (tertiary/aromatic N) is 1. The second kappa shape index (κ2) is 6.76. The topological polar surface area (TPSA) is 58.6 Å². The second-order valence-electron chi connectivity index (χ2n) is 6.11. The third-order valence-corrected chi connectivity index (χ3v) is 4.55. The molecule has 0 aromatic heterocycles. The Bertz CT molecular complexity index is 851. The summed E-state index contributed by atoms with van der Waals surface area (Å²) in [7, 11) is 1.51. The molecule has 0 spiro atoms. The molecule has 1 aliphatic heterocycles. The first-order valence-electron chi connectivity index (χ1n) is 7.95. The highest BCUT2D eigenvalue weighted by Crippen LogP contribution is 2.32. The van der Waals surface area contributed by atoms with E-state index in [2.05, 4.69) is 5.32 Å². The van der Waals surface area contributed by atoms with Gasteiger partial charge in [-0.15, -0.1) is 0 Å². The number of amides is 2. The van der Waals surface area contributed by atoms with Gasteiger partial charge in [0.15, 0.2) is 0 Å². The molecular formula is C19H19ClN2O3. The summed E-state index contributed by atoms with van der Waals surface area (Å²) in [6.07, 6.45) is 0.107. The Balaban J connectivity index is 1.83. The van der Waals surface area contributed by atoms with Gasteiger partial charge in [0.2, 0.25) is 5.91 Å². The molecule has 2 aromatic carbocycles. The van der Waals surface area contributed by atoms with Gasteiger partial charge < -0.3 is 10.1 Å². The molecule has 5 nitrogen and oxygen atoms in total. The molecule has 1 saturated heterocycles. The first-order valence-corrected chi connectivity index (χ1v) is 8.32. The second-order valence-corrected chi connectivity index (χ2v) is 6.51. The molecule has 2 amide bonds. The number of carbonyl (C=O) groups is 2. The van der Waals surface area contributed by atoms with Crippen LogP contribution in [-0.2, 0) is 9.59 Å². The highest BCUT2D eigenvalue weighted by atomic mass is 35.5. The minimum absolute atomic E-state index is 0.107. The van der Waals surface area contributed by atoms with E-state index in [1.165, 1.54) is 12.0 Å². The maximum atomic E-state index is 12.7. The third kappa shape index (κ3) is 3.33. The lowest BCUT2D eigenvalue weighted by atomic mass is 10.1. The highest BCUT2D eigenvalue weighted by molar-refractivity contribution is 6.33. The SMILES string of the molecule is COc1ccc(N2C(=O)C[C@@H](Nc3ccc(C)cc3C)C2=O)cc1Cl. The van der Waals surface area contributed by atoms with E-state index in [0.29, 0.717) is 16.5 Å². The molecule has 1 atom stereocenters. The molecule has 1 N–H and O–H groups in total. The van der Waals surface area contributed by atoms with Crippen LogP contribution in [0, 0.1) is 13.8 Å². The largest absolute Gasteiger partial charge is 0.495 e. The van der Waals surface area contributed by atoms with Crippen LogP contribution in [0.5, 0.6) is 5.75 Å². The van der Waals surface area contributed by atoms with Gasteiger partial charge in [-0.05, 0) is 43.7 Å². The van der Waals surface area contributed by atoms with Gasteiger partial charge in [0.1, 0.15) is 11.8 Å². The molecule has 6 heteroatoms. The lowest BCUT2D eigenvalue weighted by molar-refractivity contribution is -0.121. The van der Waals surface area contributed by atoms with Crippen LogP contribution in [0.1, 0.15) is 17.5 Å².